The molecule has 1 aliphatic heterocycles. The van der Waals surface area contributed by atoms with Crippen molar-refractivity contribution >= 4 is 0 Å². The van der Waals surface area contributed by atoms with E-state index in [-0.39, 0.29) is 6.04 Å². The minimum atomic E-state index is -0.549. The van der Waals surface area contributed by atoms with Gasteiger partial charge in [0.25, 0.3) is 0 Å². The standard InChI is InChI=1S/C8H18N2O/c1-7-8(11,4-5-9)3-2-6-10-7/h7,10-11H,2-6,9H2,1H3. The van der Waals surface area contributed by atoms with Gasteiger partial charge in [-0.25, -0.2) is 0 Å². The first-order chi connectivity index (χ1) is 5.19. The quantitative estimate of drug-likeness (QED) is 0.523. The van der Waals surface area contributed by atoms with E-state index in [1.54, 1.807) is 0 Å². The van der Waals surface area contributed by atoms with E-state index >= 15 is 0 Å². The number of piperidine rings is 1. The monoisotopic (exact) mass is 158 g/mol. The van der Waals surface area contributed by atoms with Crippen LogP contribution in [0.4, 0.5) is 0 Å². The van der Waals surface area contributed by atoms with Crippen LogP contribution in [-0.2, 0) is 0 Å². The molecular weight excluding hydrogens is 140 g/mol. The summed E-state index contributed by atoms with van der Waals surface area (Å²) in [5.41, 5.74) is 4.87. The van der Waals surface area contributed by atoms with Gasteiger partial charge in [0.2, 0.25) is 0 Å². The van der Waals surface area contributed by atoms with Crippen LogP contribution in [0.2, 0.25) is 0 Å². The zero-order valence-corrected chi connectivity index (χ0v) is 7.14. The van der Waals surface area contributed by atoms with Gasteiger partial charge >= 0.3 is 0 Å². The highest BCUT2D eigenvalue weighted by Gasteiger charge is 2.34. The zero-order chi connectivity index (χ0) is 8.32. The average Bonchev–Trinajstić information content (AvgIpc) is 1.96. The molecule has 1 fully saturated rings. The molecule has 3 nitrogen and oxygen atoms in total. The molecule has 3 heteroatoms. The Hall–Kier alpha value is -0.120. The molecule has 0 radical (unpaired) electrons. The highest BCUT2D eigenvalue weighted by molar-refractivity contribution is 4.92. The summed E-state index contributed by atoms with van der Waals surface area (Å²) in [6, 6.07) is 0.194. The first-order valence-electron chi connectivity index (χ1n) is 4.35. The van der Waals surface area contributed by atoms with Gasteiger partial charge in [-0.05, 0) is 39.3 Å². The van der Waals surface area contributed by atoms with Crippen LogP contribution in [0.15, 0.2) is 0 Å². The van der Waals surface area contributed by atoms with Crippen molar-refractivity contribution in [3.8, 4) is 0 Å². The molecule has 11 heavy (non-hydrogen) atoms. The fourth-order valence-corrected chi connectivity index (χ4v) is 1.71. The average molecular weight is 158 g/mol. The van der Waals surface area contributed by atoms with E-state index in [1.807, 2.05) is 6.92 Å². The molecule has 0 aromatic carbocycles. The topological polar surface area (TPSA) is 58.3 Å². The van der Waals surface area contributed by atoms with Crippen LogP contribution in [0.25, 0.3) is 0 Å². The number of hydrogen-bond acceptors (Lipinski definition) is 3. The third kappa shape index (κ3) is 1.92. The number of aliphatic hydroxyl groups is 1. The Morgan fingerprint density at radius 3 is 3.00 bits per heavy atom. The third-order valence-corrected chi connectivity index (χ3v) is 2.62. The van der Waals surface area contributed by atoms with E-state index in [2.05, 4.69) is 5.32 Å². The molecule has 0 saturated carbocycles. The van der Waals surface area contributed by atoms with Crippen LogP contribution in [0.5, 0.6) is 0 Å². The molecule has 1 rings (SSSR count). The van der Waals surface area contributed by atoms with Crippen LogP contribution < -0.4 is 11.1 Å². The lowest BCUT2D eigenvalue weighted by molar-refractivity contribution is -0.0224. The minimum absolute atomic E-state index is 0.194. The highest BCUT2D eigenvalue weighted by atomic mass is 16.3. The first-order valence-corrected chi connectivity index (χ1v) is 4.35. The predicted octanol–water partition coefficient (Wildman–Crippen LogP) is -0.162. The lowest BCUT2D eigenvalue weighted by Crippen LogP contribution is -2.54. The van der Waals surface area contributed by atoms with E-state index < -0.39 is 5.60 Å². The van der Waals surface area contributed by atoms with Crippen LogP contribution in [-0.4, -0.2) is 29.8 Å². The molecule has 2 unspecified atom stereocenters. The van der Waals surface area contributed by atoms with Gasteiger partial charge in [0.05, 0.1) is 5.60 Å². The van der Waals surface area contributed by atoms with E-state index in [9.17, 15) is 5.11 Å². The van der Waals surface area contributed by atoms with E-state index in [1.165, 1.54) is 0 Å². The molecule has 0 spiro atoms. The van der Waals surface area contributed by atoms with Crippen molar-refractivity contribution in [1.82, 2.24) is 5.32 Å². The molecule has 1 saturated heterocycles. The minimum Gasteiger partial charge on any atom is -0.388 e. The summed E-state index contributed by atoms with van der Waals surface area (Å²) in [6.07, 6.45) is 2.65. The molecule has 1 heterocycles. The summed E-state index contributed by atoms with van der Waals surface area (Å²) < 4.78 is 0. The van der Waals surface area contributed by atoms with Crippen LogP contribution >= 0.6 is 0 Å². The Morgan fingerprint density at radius 2 is 2.45 bits per heavy atom. The number of nitrogens with one attached hydrogen (secondary N) is 1. The fraction of sp³-hybridized carbons (Fsp3) is 1.00. The summed E-state index contributed by atoms with van der Waals surface area (Å²) in [7, 11) is 0. The second kappa shape index (κ2) is 3.52. The zero-order valence-electron chi connectivity index (χ0n) is 7.14. The van der Waals surface area contributed by atoms with E-state index in [0.29, 0.717) is 13.0 Å². The maximum Gasteiger partial charge on any atom is 0.0809 e. The molecular formula is C8H18N2O. The van der Waals surface area contributed by atoms with Crippen molar-refractivity contribution in [1.29, 1.82) is 0 Å². The molecule has 0 aromatic heterocycles. The predicted molar refractivity (Wildman–Crippen MR) is 45.3 cm³/mol. The maximum absolute atomic E-state index is 10.00. The van der Waals surface area contributed by atoms with Gasteiger partial charge in [-0.3, -0.25) is 0 Å². The van der Waals surface area contributed by atoms with Crippen molar-refractivity contribution in [3.05, 3.63) is 0 Å². The summed E-state index contributed by atoms with van der Waals surface area (Å²) in [5.74, 6) is 0. The summed E-state index contributed by atoms with van der Waals surface area (Å²) in [5, 5.41) is 13.2. The van der Waals surface area contributed by atoms with Gasteiger partial charge in [-0.2, -0.15) is 0 Å². The molecule has 0 aliphatic carbocycles. The Morgan fingerprint density at radius 1 is 1.73 bits per heavy atom. The largest absolute Gasteiger partial charge is 0.388 e. The lowest BCUT2D eigenvalue weighted by atomic mass is 9.84. The molecule has 66 valence electrons. The summed E-state index contributed by atoms with van der Waals surface area (Å²) in [4.78, 5) is 0. The molecule has 1 aliphatic rings. The SMILES string of the molecule is CC1NCCCC1(O)CCN. The smallest absolute Gasteiger partial charge is 0.0809 e. The van der Waals surface area contributed by atoms with E-state index in [0.717, 1.165) is 19.4 Å². The van der Waals surface area contributed by atoms with Gasteiger partial charge in [-0.1, -0.05) is 0 Å². The first kappa shape index (κ1) is 8.97. The van der Waals surface area contributed by atoms with E-state index in [4.69, 9.17) is 5.73 Å². The second-order valence-corrected chi connectivity index (χ2v) is 3.42. The van der Waals surface area contributed by atoms with Gasteiger partial charge < -0.3 is 16.2 Å². The lowest BCUT2D eigenvalue weighted by Gasteiger charge is -2.38. The van der Waals surface area contributed by atoms with Gasteiger partial charge in [0.15, 0.2) is 0 Å². The second-order valence-electron chi connectivity index (χ2n) is 3.42. The summed E-state index contributed by atoms with van der Waals surface area (Å²) in [6.45, 7) is 3.62. The van der Waals surface area contributed by atoms with Crippen molar-refractivity contribution < 1.29 is 5.11 Å². The van der Waals surface area contributed by atoms with Crippen LogP contribution in [0.1, 0.15) is 26.2 Å². The molecule has 2 atom stereocenters. The van der Waals surface area contributed by atoms with Crippen molar-refractivity contribution in [2.45, 2.75) is 37.8 Å². The van der Waals surface area contributed by atoms with Gasteiger partial charge in [0, 0.05) is 6.04 Å². The Kier molecular flexibility index (Phi) is 2.87. The van der Waals surface area contributed by atoms with Gasteiger partial charge in [-0.15, -0.1) is 0 Å². The maximum atomic E-state index is 10.00. The Bertz CT molecular complexity index is 125. The van der Waals surface area contributed by atoms with Crippen molar-refractivity contribution in [3.63, 3.8) is 0 Å². The Labute approximate surface area is 68.0 Å². The number of nitrogens with two attached hydrogens (primary N) is 1. The molecule has 0 amide bonds. The molecule has 4 N–H and O–H groups in total. The normalized spacial score (nSPS) is 39.0. The fourth-order valence-electron chi connectivity index (χ4n) is 1.71. The van der Waals surface area contributed by atoms with Crippen molar-refractivity contribution in [2.24, 2.45) is 5.73 Å². The molecule has 0 aromatic rings. The van der Waals surface area contributed by atoms with Gasteiger partial charge in [0.1, 0.15) is 0 Å². The van der Waals surface area contributed by atoms with Crippen LogP contribution in [0.3, 0.4) is 0 Å². The number of rotatable bonds is 2. The summed E-state index contributed by atoms with van der Waals surface area (Å²) >= 11 is 0. The Balaban J connectivity index is 2.49. The third-order valence-electron chi connectivity index (χ3n) is 2.62. The highest BCUT2D eigenvalue weighted by Crippen LogP contribution is 2.24. The van der Waals surface area contributed by atoms with Crippen molar-refractivity contribution in [2.75, 3.05) is 13.1 Å². The number of hydrogen-bond donors (Lipinski definition) is 3. The van der Waals surface area contributed by atoms with Crippen LogP contribution in [0, 0.1) is 0 Å². The molecule has 0 bridgehead atoms.